The van der Waals surface area contributed by atoms with Gasteiger partial charge in [-0.3, -0.25) is 4.90 Å². The summed E-state index contributed by atoms with van der Waals surface area (Å²) in [6, 6.07) is 7.47. The highest BCUT2D eigenvalue weighted by Crippen LogP contribution is 2.27. The zero-order chi connectivity index (χ0) is 12.8. The summed E-state index contributed by atoms with van der Waals surface area (Å²) in [7, 11) is 2.16. The molecule has 1 saturated carbocycles. The minimum absolute atomic E-state index is 0.859. The van der Waals surface area contributed by atoms with E-state index in [-0.39, 0.29) is 0 Å². The van der Waals surface area contributed by atoms with Gasteiger partial charge in [0.1, 0.15) is 13.7 Å². The van der Waals surface area contributed by atoms with Crippen molar-refractivity contribution < 1.29 is 0 Å². The van der Waals surface area contributed by atoms with Crippen LogP contribution in [0.2, 0.25) is 0 Å². The smallest absolute Gasteiger partial charge is 0.139 e. The Morgan fingerprint density at radius 2 is 2.05 bits per heavy atom. The maximum atomic E-state index is 4.83. The highest BCUT2D eigenvalue weighted by molar-refractivity contribution is 6.33. The quantitative estimate of drug-likeness (QED) is 0.698. The molecule has 4 rings (SSSR count). The maximum Gasteiger partial charge on any atom is 0.139 e. The summed E-state index contributed by atoms with van der Waals surface area (Å²) in [5.41, 5.74) is 3.82. The van der Waals surface area contributed by atoms with Gasteiger partial charge in [-0.1, -0.05) is 17.9 Å². The summed E-state index contributed by atoms with van der Waals surface area (Å²) in [6.45, 7) is 3.48. The Hall–Kier alpha value is -1.29. The van der Waals surface area contributed by atoms with Crippen LogP contribution in [0.15, 0.2) is 18.2 Å². The molecule has 3 nitrogen and oxygen atoms in total. The van der Waals surface area contributed by atoms with Crippen molar-refractivity contribution in [3.63, 3.8) is 0 Å². The van der Waals surface area contributed by atoms with Crippen LogP contribution in [-0.4, -0.2) is 41.4 Å². The van der Waals surface area contributed by atoms with Crippen LogP contribution < -0.4 is 5.46 Å². The summed E-state index contributed by atoms with van der Waals surface area (Å²) in [5.74, 6) is 1.28. The molecule has 98 valence electrons. The average Bonchev–Trinajstić information content (AvgIpc) is 2.54. The Kier molecular flexibility index (Phi) is 2.66. The number of aromatic nitrogens is 2. The van der Waals surface area contributed by atoms with Gasteiger partial charge in [0.25, 0.3) is 0 Å². The van der Waals surface area contributed by atoms with E-state index in [1.165, 1.54) is 49.2 Å². The van der Waals surface area contributed by atoms with Crippen molar-refractivity contribution in [3.05, 3.63) is 24.0 Å². The normalized spacial score (nSPS) is 21.1. The molecular weight excluding hydrogens is 233 g/mol. The van der Waals surface area contributed by atoms with Crippen molar-refractivity contribution in [1.29, 1.82) is 0 Å². The first-order valence-corrected chi connectivity index (χ1v) is 7.51. The van der Waals surface area contributed by atoms with Crippen molar-refractivity contribution in [2.24, 2.45) is 0 Å². The molecule has 0 N–H and O–H groups in total. The molecule has 2 heterocycles. The third-order valence-electron chi connectivity index (χ3n) is 4.81. The molecule has 1 aromatic carbocycles. The van der Waals surface area contributed by atoms with Crippen molar-refractivity contribution in [3.8, 4) is 0 Å². The lowest BCUT2D eigenvalue weighted by Crippen LogP contribution is -2.41. The maximum absolute atomic E-state index is 4.83. The van der Waals surface area contributed by atoms with E-state index in [1.807, 2.05) is 0 Å². The van der Waals surface area contributed by atoms with E-state index in [4.69, 9.17) is 4.98 Å². The molecule has 4 heteroatoms. The molecule has 0 amide bonds. The minimum atomic E-state index is 0.859. The average molecular weight is 253 g/mol. The number of rotatable bonds is 1. The van der Waals surface area contributed by atoms with Gasteiger partial charge < -0.3 is 4.57 Å². The highest BCUT2D eigenvalue weighted by Gasteiger charge is 2.27. The monoisotopic (exact) mass is 253 g/mol. The molecule has 0 atom stereocenters. The topological polar surface area (TPSA) is 21.1 Å². The number of hydrogen-bond acceptors (Lipinski definition) is 2. The lowest BCUT2D eigenvalue weighted by atomic mass is 9.91. The predicted octanol–water partition coefficient (Wildman–Crippen LogP) is 0.705. The predicted molar refractivity (Wildman–Crippen MR) is 80.8 cm³/mol. The van der Waals surface area contributed by atoms with Gasteiger partial charge in [0, 0.05) is 32.1 Å². The molecule has 19 heavy (non-hydrogen) atoms. The van der Waals surface area contributed by atoms with Gasteiger partial charge in [-0.15, -0.1) is 0 Å². The van der Waals surface area contributed by atoms with E-state index >= 15 is 0 Å². The van der Waals surface area contributed by atoms with E-state index in [9.17, 15) is 0 Å². The summed E-state index contributed by atoms with van der Waals surface area (Å²) in [4.78, 5) is 7.51. The van der Waals surface area contributed by atoms with Crippen LogP contribution in [0.5, 0.6) is 0 Å². The molecule has 0 unspecified atom stereocenters. The lowest BCUT2D eigenvalue weighted by Gasteiger charge is -2.36. The third-order valence-corrected chi connectivity index (χ3v) is 4.81. The number of imidazole rings is 1. The van der Waals surface area contributed by atoms with Gasteiger partial charge in [0.15, 0.2) is 0 Å². The molecule has 0 bridgehead atoms. The first-order valence-electron chi connectivity index (χ1n) is 7.51. The molecule has 0 saturated heterocycles. The molecule has 1 aliphatic heterocycles. The van der Waals surface area contributed by atoms with Crippen LogP contribution in [0.25, 0.3) is 11.0 Å². The second-order valence-corrected chi connectivity index (χ2v) is 6.04. The van der Waals surface area contributed by atoms with Gasteiger partial charge in [0.05, 0.1) is 11.0 Å². The minimum Gasteiger partial charge on any atom is -0.327 e. The Morgan fingerprint density at radius 3 is 2.84 bits per heavy atom. The van der Waals surface area contributed by atoms with Crippen molar-refractivity contribution in [2.75, 3.05) is 13.1 Å². The van der Waals surface area contributed by atoms with Crippen LogP contribution in [0.4, 0.5) is 0 Å². The highest BCUT2D eigenvalue weighted by atomic mass is 15.2. The Labute approximate surface area is 115 Å². The molecule has 1 aliphatic carbocycles. The van der Waals surface area contributed by atoms with E-state index < -0.39 is 0 Å². The summed E-state index contributed by atoms with van der Waals surface area (Å²) in [6.07, 6.45) is 5.34. The first-order chi connectivity index (χ1) is 9.31. The second-order valence-electron chi connectivity index (χ2n) is 6.04. The fourth-order valence-electron chi connectivity index (χ4n) is 3.42. The van der Waals surface area contributed by atoms with E-state index in [0.29, 0.717) is 0 Å². The lowest BCUT2D eigenvalue weighted by molar-refractivity contribution is 0.130. The van der Waals surface area contributed by atoms with Crippen molar-refractivity contribution in [2.45, 2.75) is 38.3 Å². The van der Waals surface area contributed by atoms with Crippen molar-refractivity contribution in [1.82, 2.24) is 14.5 Å². The van der Waals surface area contributed by atoms with Gasteiger partial charge in [-0.05, 0) is 25.0 Å². The van der Waals surface area contributed by atoms with E-state index in [0.717, 1.165) is 24.5 Å². The molecular formula is C15H20BN3. The van der Waals surface area contributed by atoms with Crippen LogP contribution in [0.1, 0.15) is 25.1 Å². The largest absolute Gasteiger partial charge is 0.327 e. The number of hydrogen-bond donors (Lipinski definition) is 0. The summed E-state index contributed by atoms with van der Waals surface area (Å²) < 4.78 is 2.45. The SMILES string of the molecule is Bc1ccc2nc3n(c2c1)CCN(C1CCC1)CC3. The van der Waals surface area contributed by atoms with Crippen LogP contribution in [0.3, 0.4) is 0 Å². The van der Waals surface area contributed by atoms with E-state index in [1.54, 1.807) is 0 Å². The number of fused-ring (bicyclic) bond motifs is 3. The van der Waals surface area contributed by atoms with Gasteiger partial charge in [-0.2, -0.15) is 0 Å². The van der Waals surface area contributed by atoms with Gasteiger partial charge >= 0.3 is 0 Å². The zero-order valence-corrected chi connectivity index (χ0v) is 11.6. The molecule has 1 aromatic heterocycles. The number of nitrogens with zero attached hydrogens (tertiary/aromatic N) is 3. The zero-order valence-electron chi connectivity index (χ0n) is 11.6. The molecule has 2 aliphatic rings. The van der Waals surface area contributed by atoms with Crippen LogP contribution in [0, 0.1) is 0 Å². The Morgan fingerprint density at radius 1 is 1.16 bits per heavy atom. The van der Waals surface area contributed by atoms with Crippen molar-refractivity contribution >= 4 is 24.3 Å². The van der Waals surface area contributed by atoms with Gasteiger partial charge in [-0.25, -0.2) is 4.98 Å². The molecule has 0 radical (unpaired) electrons. The molecule has 0 spiro atoms. The van der Waals surface area contributed by atoms with E-state index in [2.05, 4.69) is 35.5 Å². The molecule has 2 aromatic rings. The van der Waals surface area contributed by atoms with Gasteiger partial charge in [0.2, 0.25) is 0 Å². The Bertz CT molecular complexity index is 615. The van der Waals surface area contributed by atoms with Crippen LogP contribution in [-0.2, 0) is 13.0 Å². The fraction of sp³-hybridized carbons (Fsp3) is 0.533. The first kappa shape index (κ1) is 11.5. The van der Waals surface area contributed by atoms with Crippen LogP contribution >= 0.6 is 0 Å². The second kappa shape index (κ2) is 4.38. The third kappa shape index (κ3) is 1.89. The fourth-order valence-corrected chi connectivity index (χ4v) is 3.42. The standard InChI is InChI=1S/C15H20BN3/c16-11-4-5-13-14(10-11)19-9-8-18(12-2-1-3-12)7-6-15(19)17-13/h4-5,10,12H,1-3,6-9,16H2. The summed E-state index contributed by atoms with van der Waals surface area (Å²) in [5, 5.41) is 0. The number of benzene rings is 1. The molecule has 1 fully saturated rings. The Balaban J connectivity index is 1.67. The summed E-state index contributed by atoms with van der Waals surface area (Å²) >= 11 is 0.